The summed E-state index contributed by atoms with van der Waals surface area (Å²) in [5.74, 6) is 1.72. The molecule has 4 heteroatoms. The van der Waals surface area contributed by atoms with Gasteiger partial charge in [0.2, 0.25) is 0 Å². The van der Waals surface area contributed by atoms with Gasteiger partial charge in [-0.05, 0) is 33.3 Å². The third kappa shape index (κ3) is 2.66. The Bertz CT molecular complexity index is 762. The predicted molar refractivity (Wildman–Crippen MR) is 86.5 cm³/mol. The number of anilines is 1. The fraction of sp³-hybridized carbons (Fsp3) is 0.353. The first-order chi connectivity index (χ1) is 9.98. The zero-order chi connectivity index (χ0) is 15.0. The Hall–Kier alpha value is -2.23. The number of rotatable bonds is 3. The minimum absolute atomic E-state index is 0.0199. The lowest BCUT2D eigenvalue weighted by atomic mass is 10.1. The molecule has 0 radical (unpaired) electrons. The highest BCUT2D eigenvalue weighted by atomic mass is 16.3. The Labute approximate surface area is 124 Å². The average Bonchev–Trinajstić information content (AvgIpc) is 3.00. The van der Waals surface area contributed by atoms with Crippen molar-refractivity contribution in [3.8, 4) is 11.5 Å². The van der Waals surface area contributed by atoms with Gasteiger partial charge in [0.05, 0.1) is 0 Å². The van der Waals surface area contributed by atoms with Crippen LogP contribution in [0.5, 0.6) is 0 Å². The van der Waals surface area contributed by atoms with E-state index in [2.05, 4.69) is 49.3 Å². The topological polar surface area (TPSA) is 53.9 Å². The Morgan fingerprint density at radius 2 is 2.00 bits per heavy atom. The molecule has 0 aliphatic carbocycles. The Balaban J connectivity index is 2.04. The van der Waals surface area contributed by atoms with Crippen molar-refractivity contribution in [2.24, 2.45) is 0 Å². The smallest absolute Gasteiger partial charge is 0.156 e. The van der Waals surface area contributed by atoms with Crippen LogP contribution in [0.4, 0.5) is 5.82 Å². The van der Waals surface area contributed by atoms with Gasteiger partial charge in [0, 0.05) is 22.6 Å². The monoisotopic (exact) mass is 283 g/mol. The first-order valence-corrected chi connectivity index (χ1v) is 7.32. The van der Waals surface area contributed by atoms with Gasteiger partial charge in [0.15, 0.2) is 5.76 Å². The molecule has 0 amide bonds. The van der Waals surface area contributed by atoms with E-state index < -0.39 is 0 Å². The van der Waals surface area contributed by atoms with Crippen molar-refractivity contribution in [1.82, 2.24) is 10.2 Å². The fourth-order valence-corrected chi connectivity index (χ4v) is 2.55. The van der Waals surface area contributed by atoms with Crippen LogP contribution in [-0.4, -0.2) is 15.7 Å². The van der Waals surface area contributed by atoms with Crippen LogP contribution in [0.3, 0.4) is 0 Å². The van der Waals surface area contributed by atoms with Crippen molar-refractivity contribution in [2.75, 3.05) is 5.32 Å². The van der Waals surface area contributed by atoms with E-state index in [1.54, 1.807) is 0 Å². The molecule has 0 aliphatic rings. The number of aromatic nitrogens is 2. The van der Waals surface area contributed by atoms with Gasteiger partial charge in [-0.25, -0.2) is 0 Å². The summed E-state index contributed by atoms with van der Waals surface area (Å²) in [5, 5.41) is 11.9. The van der Waals surface area contributed by atoms with Crippen molar-refractivity contribution in [2.45, 2.75) is 39.7 Å². The van der Waals surface area contributed by atoms with E-state index in [0.29, 0.717) is 0 Å². The summed E-state index contributed by atoms with van der Waals surface area (Å²) in [4.78, 5) is 0. The minimum Gasteiger partial charge on any atom is -0.454 e. The van der Waals surface area contributed by atoms with Crippen LogP contribution in [-0.2, 0) is 6.42 Å². The van der Waals surface area contributed by atoms with E-state index in [1.165, 1.54) is 10.9 Å². The Morgan fingerprint density at radius 3 is 2.71 bits per heavy atom. The summed E-state index contributed by atoms with van der Waals surface area (Å²) in [6.45, 7) is 8.48. The highest BCUT2D eigenvalue weighted by molar-refractivity contribution is 5.87. The van der Waals surface area contributed by atoms with E-state index in [9.17, 15) is 0 Å². The molecular weight excluding hydrogens is 262 g/mol. The van der Waals surface area contributed by atoms with Crippen LogP contribution < -0.4 is 5.32 Å². The number of nitrogens with one attached hydrogen (secondary N) is 2. The molecule has 3 rings (SSSR count). The maximum Gasteiger partial charge on any atom is 0.156 e. The minimum atomic E-state index is -0.0199. The van der Waals surface area contributed by atoms with Crippen LogP contribution in [0.15, 0.2) is 34.7 Å². The molecule has 0 spiro atoms. The molecule has 3 aromatic rings. The second kappa shape index (κ2) is 4.95. The average molecular weight is 283 g/mol. The van der Waals surface area contributed by atoms with E-state index >= 15 is 0 Å². The van der Waals surface area contributed by atoms with Gasteiger partial charge in [0.25, 0.3) is 0 Å². The lowest BCUT2D eigenvalue weighted by Gasteiger charge is -2.19. The molecule has 0 atom stereocenters. The second-order valence-electron chi connectivity index (χ2n) is 6.30. The highest BCUT2D eigenvalue weighted by Gasteiger charge is 2.17. The van der Waals surface area contributed by atoms with E-state index in [1.807, 2.05) is 24.3 Å². The van der Waals surface area contributed by atoms with Crippen LogP contribution in [0, 0.1) is 0 Å². The number of H-pyrrole nitrogens is 1. The van der Waals surface area contributed by atoms with Crippen LogP contribution >= 0.6 is 0 Å². The normalized spacial score (nSPS) is 12.0. The number of para-hydroxylation sites is 1. The van der Waals surface area contributed by atoms with E-state index in [-0.39, 0.29) is 5.54 Å². The number of hydrogen-bond donors (Lipinski definition) is 2. The Morgan fingerprint density at radius 1 is 1.24 bits per heavy atom. The second-order valence-corrected chi connectivity index (χ2v) is 6.30. The summed E-state index contributed by atoms with van der Waals surface area (Å²) in [7, 11) is 0. The third-order valence-corrected chi connectivity index (χ3v) is 3.38. The number of aryl methyl sites for hydroxylation is 1. The third-order valence-electron chi connectivity index (χ3n) is 3.38. The molecule has 0 fully saturated rings. The number of benzene rings is 1. The summed E-state index contributed by atoms with van der Waals surface area (Å²) in [6.07, 6.45) is 0.924. The molecule has 0 saturated heterocycles. The van der Waals surface area contributed by atoms with Crippen molar-refractivity contribution in [3.05, 3.63) is 35.9 Å². The molecule has 1 aromatic carbocycles. The zero-order valence-corrected chi connectivity index (χ0v) is 12.9. The first kappa shape index (κ1) is 13.7. The maximum absolute atomic E-state index is 6.02. The predicted octanol–water partition coefficient (Wildman–Crippen LogP) is 4.60. The van der Waals surface area contributed by atoms with Gasteiger partial charge in [0.1, 0.15) is 17.1 Å². The van der Waals surface area contributed by atoms with E-state index in [0.717, 1.165) is 29.3 Å². The van der Waals surface area contributed by atoms with Gasteiger partial charge < -0.3 is 9.73 Å². The largest absolute Gasteiger partial charge is 0.454 e. The summed E-state index contributed by atoms with van der Waals surface area (Å²) in [5.41, 5.74) is 3.03. The lowest BCUT2D eigenvalue weighted by Crippen LogP contribution is -2.26. The van der Waals surface area contributed by atoms with E-state index in [4.69, 9.17) is 4.42 Å². The number of aromatic amines is 1. The van der Waals surface area contributed by atoms with Crippen LogP contribution in [0.1, 0.15) is 33.3 Å². The molecule has 110 valence electrons. The summed E-state index contributed by atoms with van der Waals surface area (Å²) < 4.78 is 6.02. The number of hydrogen-bond acceptors (Lipinski definition) is 3. The van der Waals surface area contributed by atoms with Gasteiger partial charge in [-0.3, -0.25) is 5.10 Å². The molecule has 0 saturated carbocycles. The number of fused-ring (bicyclic) bond motifs is 1. The lowest BCUT2D eigenvalue weighted by molar-refractivity contribution is 0.624. The van der Waals surface area contributed by atoms with Gasteiger partial charge >= 0.3 is 0 Å². The SMILES string of the molecule is CCc1c(-c2cc(NC(C)(C)C)n[nH]2)oc2ccccc12. The molecule has 0 unspecified atom stereocenters. The van der Waals surface area contributed by atoms with Gasteiger partial charge in [-0.15, -0.1) is 0 Å². The zero-order valence-electron chi connectivity index (χ0n) is 12.9. The number of nitrogens with zero attached hydrogens (tertiary/aromatic N) is 1. The van der Waals surface area contributed by atoms with Crippen molar-refractivity contribution >= 4 is 16.8 Å². The number of furan rings is 1. The molecule has 0 bridgehead atoms. The van der Waals surface area contributed by atoms with Crippen molar-refractivity contribution in [1.29, 1.82) is 0 Å². The van der Waals surface area contributed by atoms with Gasteiger partial charge in [-0.2, -0.15) is 5.10 Å². The molecule has 4 nitrogen and oxygen atoms in total. The quantitative estimate of drug-likeness (QED) is 0.739. The molecular formula is C17H21N3O. The highest BCUT2D eigenvalue weighted by Crippen LogP contribution is 2.33. The molecule has 21 heavy (non-hydrogen) atoms. The maximum atomic E-state index is 6.02. The van der Waals surface area contributed by atoms with Crippen LogP contribution in [0.25, 0.3) is 22.4 Å². The fourth-order valence-electron chi connectivity index (χ4n) is 2.55. The first-order valence-electron chi connectivity index (χ1n) is 7.32. The van der Waals surface area contributed by atoms with Crippen LogP contribution in [0.2, 0.25) is 0 Å². The molecule has 2 heterocycles. The summed E-state index contributed by atoms with van der Waals surface area (Å²) in [6, 6.07) is 10.1. The molecule has 2 N–H and O–H groups in total. The van der Waals surface area contributed by atoms with Crippen molar-refractivity contribution in [3.63, 3.8) is 0 Å². The summed E-state index contributed by atoms with van der Waals surface area (Å²) >= 11 is 0. The molecule has 0 aliphatic heterocycles. The standard InChI is InChI=1S/C17H21N3O/c1-5-11-12-8-6-7-9-14(12)21-16(11)13-10-15(20-19-13)18-17(2,3)4/h6-10H,5H2,1-4H3,(H2,18,19,20). The Kier molecular flexibility index (Phi) is 3.24. The molecule has 2 aromatic heterocycles. The van der Waals surface area contributed by atoms with Gasteiger partial charge in [-0.1, -0.05) is 25.1 Å². The van der Waals surface area contributed by atoms with Crippen molar-refractivity contribution < 1.29 is 4.42 Å².